The molecule has 1 saturated heterocycles. The summed E-state index contributed by atoms with van der Waals surface area (Å²) in [6.07, 6.45) is 4.98. The van der Waals surface area contributed by atoms with Gasteiger partial charge in [-0.3, -0.25) is 9.78 Å². The normalized spacial score (nSPS) is 16.6. The standard InChI is InChI=1S/C15H23N3O/c1-3-8-17-13-6-10-18(11-7-13)15(19)14-5-4-9-16-12(14)2/h4-5,9,13,17H,3,6-8,10-11H2,1-2H3. The third kappa shape index (κ3) is 3.53. The molecule has 4 heteroatoms. The van der Waals surface area contributed by atoms with Crippen molar-refractivity contribution in [3.8, 4) is 0 Å². The molecule has 1 aliphatic rings. The lowest BCUT2D eigenvalue weighted by atomic mass is 10.0. The van der Waals surface area contributed by atoms with Crippen LogP contribution in [-0.2, 0) is 0 Å². The van der Waals surface area contributed by atoms with E-state index in [2.05, 4.69) is 17.2 Å². The van der Waals surface area contributed by atoms with Gasteiger partial charge in [0.05, 0.1) is 5.56 Å². The number of aromatic nitrogens is 1. The maximum atomic E-state index is 12.4. The molecule has 19 heavy (non-hydrogen) atoms. The van der Waals surface area contributed by atoms with Crippen molar-refractivity contribution in [3.05, 3.63) is 29.6 Å². The molecular weight excluding hydrogens is 238 g/mol. The van der Waals surface area contributed by atoms with Gasteiger partial charge in [0.1, 0.15) is 0 Å². The number of hydrogen-bond donors (Lipinski definition) is 1. The van der Waals surface area contributed by atoms with Crippen LogP contribution in [0.4, 0.5) is 0 Å². The van der Waals surface area contributed by atoms with Crippen LogP contribution in [0.3, 0.4) is 0 Å². The summed E-state index contributed by atoms with van der Waals surface area (Å²) in [4.78, 5) is 18.5. The van der Waals surface area contributed by atoms with Crippen LogP contribution >= 0.6 is 0 Å². The molecule has 1 aromatic heterocycles. The van der Waals surface area contributed by atoms with Crippen LogP contribution in [-0.4, -0.2) is 41.5 Å². The number of rotatable bonds is 4. The smallest absolute Gasteiger partial charge is 0.255 e. The van der Waals surface area contributed by atoms with Crippen LogP contribution in [0.5, 0.6) is 0 Å². The zero-order valence-electron chi connectivity index (χ0n) is 11.9. The Morgan fingerprint density at radius 3 is 2.84 bits per heavy atom. The van der Waals surface area contributed by atoms with Crippen molar-refractivity contribution < 1.29 is 4.79 Å². The third-order valence-corrected chi connectivity index (χ3v) is 3.70. The van der Waals surface area contributed by atoms with Crippen molar-refractivity contribution in [2.24, 2.45) is 0 Å². The van der Waals surface area contributed by atoms with Crippen LogP contribution in [0.1, 0.15) is 42.2 Å². The first kappa shape index (κ1) is 14.0. The average Bonchev–Trinajstić information content (AvgIpc) is 2.45. The second-order valence-corrected chi connectivity index (χ2v) is 5.16. The molecule has 1 N–H and O–H groups in total. The summed E-state index contributed by atoms with van der Waals surface area (Å²) in [5, 5.41) is 3.53. The molecule has 1 aromatic rings. The summed E-state index contributed by atoms with van der Waals surface area (Å²) >= 11 is 0. The largest absolute Gasteiger partial charge is 0.338 e. The van der Waals surface area contributed by atoms with Gasteiger partial charge < -0.3 is 10.2 Å². The molecule has 0 radical (unpaired) electrons. The van der Waals surface area contributed by atoms with Gasteiger partial charge in [0.2, 0.25) is 0 Å². The summed E-state index contributed by atoms with van der Waals surface area (Å²) < 4.78 is 0. The summed E-state index contributed by atoms with van der Waals surface area (Å²) in [5.41, 5.74) is 1.56. The fourth-order valence-corrected chi connectivity index (χ4v) is 2.52. The number of carbonyl (C=O) groups excluding carboxylic acids is 1. The molecule has 0 spiro atoms. The molecular formula is C15H23N3O. The van der Waals surface area contributed by atoms with Gasteiger partial charge in [-0.05, 0) is 44.9 Å². The molecule has 1 fully saturated rings. The zero-order valence-corrected chi connectivity index (χ0v) is 11.9. The lowest BCUT2D eigenvalue weighted by molar-refractivity contribution is 0.0704. The Labute approximate surface area is 115 Å². The fourth-order valence-electron chi connectivity index (χ4n) is 2.52. The molecule has 0 unspecified atom stereocenters. The Hall–Kier alpha value is -1.42. The average molecular weight is 261 g/mol. The predicted octanol–water partition coefficient (Wildman–Crippen LogP) is 1.99. The quantitative estimate of drug-likeness (QED) is 0.901. The molecule has 0 atom stereocenters. The van der Waals surface area contributed by atoms with E-state index < -0.39 is 0 Å². The summed E-state index contributed by atoms with van der Waals surface area (Å²) in [6.45, 7) is 6.82. The number of pyridine rings is 1. The van der Waals surface area contributed by atoms with Crippen LogP contribution in [0.15, 0.2) is 18.3 Å². The first-order valence-corrected chi connectivity index (χ1v) is 7.16. The van der Waals surface area contributed by atoms with Gasteiger partial charge in [0, 0.05) is 31.0 Å². The number of nitrogens with one attached hydrogen (secondary N) is 1. The molecule has 2 rings (SSSR count). The number of nitrogens with zero attached hydrogens (tertiary/aromatic N) is 2. The van der Waals surface area contributed by atoms with Crippen molar-refractivity contribution >= 4 is 5.91 Å². The Balaban J connectivity index is 1.91. The number of piperidine rings is 1. The highest BCUT2D eigenvalue weighted by molar-refractivity contribution is 5.95. The van der Waals surface area contributed by atoms with E-state index in [1.807, 2.05) is 24.0 Å². The SMILES string of the molecule is CCCNC1CCN(C(=O)c2cccnc2C)CC1. The monoisotopic (exact) mass is 261 g/mol. The Bertz CT molecular complexity index is 425. The number of hydrogen-bond acceptors (Lipinski definition) is 3. The van der Waals surface area contributed by atoms with E-state index in [0.29, 0.717) is 6.04 Å². The minimum absolute atomic E-state index is 0.125. The van der Waals surface area contributed by atoms with Crippen molar-refractivity contribution in [1.82, 2.24) is 15.2 Å². The minimum atomic E-state index is 0.125. The van der Waals surface area contributed by atoms with Crippen molar-refractivity contribution in [2.75, 3.05) is 19.6 Å². The van der Waals surface area contributed by atoms with Crippen LogP contribution in [0.2, 0.25) is 0 Å². The molecule has 104 valence electrons. The summed E-state index contributed by atoms with van der Waals surface area (Å²) in [6, 6.07) is 4.26. The first-order chi connectivity index (χ1) is 9.22. The maximum absolute atomic E-state index is 12.4. The second kappa shape index (κ2) is 6.66. The fraction of sp³-hybridized carbons (Fsp3) is 0.600. The van der Waals surface area contributed by atoms with E-state index in [4.69, 9.17) is 0 Å². The lowest BCUT2D eigenvalue weighted by Crippen LogP contribution is -2.45. The Morgan fingerprint density at radius 1 is 1.47 bits per heavy atom. The number of aryl methyl sites for hydroxylation is 1. The number of amides is 1. The van der Waals surface area contributed by atoms with E-state index in [-0.39, 0.29) is 5.91 Å². The van der Waals surface area contributed by atoms with E-state index in [1.165, 1.54) is 0 Å². The van der Waals surface area contributed by atoms with Gasteiger partial charge in [-0.15, -0.1) is 0 Å². The van der Waals surface area contributed by atoms with Crippen molar-refractivity contribution in [1.29, 1.82) is 0 Å². The molecule has 2 heterocycles. The van der Waals surface area contributed by atoms with Gasteiger partial charge in [-0.1, -0.05) is 6.92 Å². The van der Waals surface area contributed by atoms with Crippen LogP contribution < -0.4 is 5.32 Å². The summed E-state index contributed by atoms with van der Waals surface area (Å²) in [7, 11) is 0. The van der Waals surface area contributed by atoms with Gasteiger partial charge in [0.15, 0.2) is 0 Å². The van der Waals surface area contributed by atoms with Gasteiger partial charge >= 0.3 is 0 Å². The molecule has 0 aromatic carbocycles. The van der Waals surface area contributed by atoms with Gasteiger partial charge in [0.25, 0.3) is 5.91 Å². The number of likely N-dealkylation sites (tertiary alicyclic amines) is 1. The van der Waals surface area contributed by atoms with Crippen LogP contribution in [0.25, 0.3) is 0 Å². The highest BCUT2D eigenvalue weighted by Crippen LogP contribution is 2.15. The van der Waals surface area contributed by atoms with E-state index in [1.54, 1.807) is 6.20 Å². The minimum Gasteiger partial charge on any atom is -0.338 e. The van der Waals surface area contributed by atoms with E-state index in [0.717, 1.165) is 50.2 Å². The van der Waals surface area contributed by atoms with E-state index in [9.17, 15) is 4.79 Å². The molecule has 0 bridgehead atoms. The van der Waals surface area contributed by atoms with Crippen molar-refractivity contribution in [2.45, 2.75) is 39.2 Å². The maximum Gasteiger partial charge on any atom is 0.255 e. The topological polar surface area (TPSA) is 45.2 Å². The van der Waals surface area contributed by atoms with Gasteiger partial charge in [-0.2, -0.15) is 0 Å². The lowest BCUT2D eigenvalue weighted by Gasteiger charge is -2.32. The molecule has 0 aliphatic carbocycles. The molecule has 1 aliphatic heterocycles. The summed E-state index contributed by atoms with van der Waals surface area (Å²) in [5.74, 6) is 0.125. The molecule has 0 saturated carbocycles. The first-order valence-electron chi connectivity index (χ1n) is 7.16. The predicted molar refractivity (Wildman–Crippen MR) is 76.2 cm³/mol. The highest BCUT2D eigenvalue weighted by Gasteiger charge is 2.24. The van der Waals surface area contributed by atoms with Crippen molar-refractivity contribution in [3.63, 3.8) is 0 Å². The Morgan fingerprint density at radius 2 is 2.21 bits per heavy atom. The highest BCUT2D eigenvalue weighted by atomic mass is 16.2. The molecule has 4 nitrogen and oxygen atoms in total. The second-order valence-electron chi connectivity index (χ2n) is 5.16. The Kier molecular flexibility index (Phi) is 4.91. The number of carbonyl (C=O) groups is 1. The van der Waals surface area contributed by atoms with Gasteiger partial charge in [-0.25, -0.2) is 0 Å². The molecule has 1 amide bonds. The van der Waals surface area contributed by atoms with Crippen LogP contribution in [0, 0.1) is 6.92 Å². The third-order valence-electron chi connectivity index (χ3n) is 3.70. The van der Waals surface area contributed by atoms with E-state index >= 15 is 0 Å². The zero-order chi connectivity index (χ0) is 13.7.